The van der Waals surface area contributed by atoms with Gasteiger partial charge < -0.3 is 10.5 Å². The van der Waals surface area contributed by atoms with Crippen molar-refractivity contribution in [1.29, 1.82) is 0 Å². The number of hydrogen-bond donors (Lipinski definition) is 1. The van der Waals surface area contributed by atoms with Gasteiger partial charge in [-0.05, 0) is 42.4 Å². The number of nitrogens with two attached hydrogens (primary N) is 1. The summed E-state index contributed by atoms with van der Waals surface area (Å²) in [5.74, 6) is 1.55. The van der Waals surface area contributed by atoms with Gasteiger partial charge in [0.1, 0.15) is 5.75 Å². The zero-order valence-electron chi connectivity index (χ0n) is 12.2. The van der Waals surface area contributed by atoms with E-state index in [1.807, 2.05) is 0 Å². The zero-order valence-corrected chi connectivity index (χ0v) is 12.2. The molecule has 0 spiro atoms. The van der Waals surface area contributed by atoms with Gasteiger partial charge in [-0.15, -0.1) is 0 Å². The molecule has 102 valence electrons. The molecule has 0 radical (unpaired) electrons. The quantitative estimate of drug-likeness (QED) is 0.796. The van der Waals surface area contributed by atoms with Crippen LogP contribution in [0.2, 0.25) is 0 Å². The average Bonchev–Trinajstić information content (AvgIpc) is 2.36. The second kappa shape index (κ2) is 7.42. The third kappa shape index (κ3) is 4.34. The molecule has 0 aromatic heterocycles. The van der Waals surface area contributed by atoms with E-state index in [0.29, 0.717) is 5.92 Å². The second-order valence-corrected chi connectivity index (χ2v) is 5.24. The maximum absolute atomic E-state index is 6.07. The summed E-state index contributed by atoms with van der Waals surface area (Å²) in [5, 5.41) is 0. The Morgan fingerprint density at radius 1 is 1.22 bits per heavy atom. The molecule has 0 saturated carbocycles. The summed E-state index contributed by atoms with van der Waals surface area (Å²) in [7, 11) is 0. The summed E-state index contributed by atoms with van der Waals surface area (Å²) < 4.78 is 5.81. The van der Waals surface area contributed by atoms with Gasteiger partial charge in [-0.3, -0.25) is 0 Å². The van der Waals surface area contributed by atoms with Crippen LogP contribution in [0.5, 0.6) is 5.75 Å². The van der Waals surface area contributed by atoms with Gasteiger partial charge in [0.2, 0.25) is 0 Å². The van der Waals surface area contributed by atoms with E-state index in [1.165, 1.54) is 11.1 Å². The largest absolute Gasteiger partial charge is 0.493 e. The molecule has 1 aromatic rings. The van der Waals surface area contributed by atoms with Gasteiger partial charge in [0, 0.05) is 6.04 Å². The zero-order chi connectivity index (χ0) is 13.5. The van der Waals surface area contributed by atoms with Crippen LogP contribution in [0.15, 0.2) is 18.2 Å². The Morgan fingerprint density at radius 3 is 2.50 bits per heavy atom. The molecule has 2 nitrogen and oxygen atoms in total. The summed E-state index contributed by atoms with van der Waals surface area (Å²) in [4.78, 5) is 0. The minimum Gasteiger partial charge on any atom is -0.493 e. The number of rotatable bonds is 7. The molecule has 0 aliphatic heterocycles. The predicted molar refractivity (Wildman–Crippen MR) is 78.3 cm³/mol. The SMILES string of the molecule is CCCOc1ccc(C(C)C)cc1CC(N)CC. The van der Waals surface area contributed by atoms with Crippen LogP contribution in [0, 0.1) is 0 Å². The van der Waals surface area contributed by atoms with Gasteiger partial charge in [0.05, 0.1) is 6.61 Å². The van der Waals surface area contributed by atoms with Crippen molar-refractivity contribution >= 4 is 0 Å². The molecule has 0 aliphatic carbocycles. The first kappa shape index (κ1) is 15.0. The highest BCUT2D eigenvalue weighted by atomic mass is 16.5. The molecule has 0 aliphatic rings. The van der Waals surface area contributed by atoms with Crippen LogP contribution in [-0.4, -0.2) is 12.6 Å². The van der Waals surface area contributed by atoms with Gasteiger partial charge in [-0.2, -0.15) is 0 Å². The minimum atomic E-state index is 0.219. The van der Waals surface area contributed by atoms with Crippen molar-refractivity contribution in [2.24, 2.45) is 5.73 Å². The van der Waals surface area contributed by atoms with E-state index < -0.39 is 0 Å². The van der Waals surface area contributed by atoms with Crippen molar-refractivity contribution in [3.8, 4) is 5.75 Å². The maximum Gasteiger partial charge on any atom is 0.122 e. The summed E-state index contributed by atoms with van der Waals surface area (Å²) in [6.45, 7) is 9.45. The fraction of sp³-hybridized carbons (Fsp3) is 0.625. The third-order valence-electron chi connectivity index (χ3n) is 3.22. The monoisotopic (exact) mass is 249 g/mol. The third-order valence-corrected chi connectivity index (χ3v) is 3.22. The molecule has 1 atom stereocenters. The minimum absolute atomic E-state index is 0.219. The van der Waals surface area contributed by atoms with Crippen LogP contribution in [0.1, 0.15) is 57.6 Å². The van der Waals surface area contributed by atoms with Crippen molar-refractivity contribution in [2.45, 2.75) is 58.9 Å². The van der Waals surface area contributed by atoms with Gasteiger partial charge in [-0.1, -0.05) is 39.8 Å². The lowest BCUT2D eigenvalue weighted by molar-refractivity contribution is 0.313. The van der Waals surface area contributed by atoms with Gasteiger partial charge >= 0.3 is 0 Å². The van der Waals surface area contributed by atoms with Crippen LogP contribution < -0.4 is 10.5 Å². The van der Waals surface area contributed by atoms with Gasteiger partial charge in [-0.25, -0.2) is 0 Å². The fourth-order valence-electron chi connectivity index (χ4n) is 1.90. The first-order valence-corrected chi connectivity index (χ1v) is 7.09. The van der Waals surface area contributed by atoms with Crippen molar-refractivity contribution in [3.05, 3.63) is 29.3 Å². The Bertz CT molecular complexity index is 360. The topological polar surface area (TPSA) is 35.2 Å². The first-order valence-electron chi connectivity index (χ1n) is 7.09. The van der Waals surface area contributed by atoms with Gasteiger partial charge in [0.25, 0.3) is 0 Å². The molecule has 1 unspecified atom stereocenters. The Hall–Kier alpha value is -1.02. The highest BCUT2D eigenvalue weighted by Gasteiger charge is 2.10. The Kier molecular flexibility index (Phi) is 6.20. The van der Waals surface area contributed by atoms with E-state index in [1.54, 1.807) is 0 Å². The predicted octanol–water partition coefficient (Wildman–Crippen LogP) is 3.88. The number of ether oxygens (including phenoxy) is 1. The molecule has 1 rings (SSSR count). The normalized spacial score (nSPS) is 12.8. The van der Waals surface area contributed by atoms with Crippen molar-refractivity contribution in [3.63, 3.8) is 0 Å². The fourth-order valence-corrected chi connectivity index (χ4v) is 1.90. The molecule has 2 N–H and O–H groups in total. The lowest BCUT2D eigenvalue weighted by atomic mass is 9.96. The van der Waals surface area contributed by atoms with E-state index >= 15 is 0 Å². The van der Waals surface area contributed by atoms with E-state index in [2.05, 4.69) is 45.9 Å². The van der Waals surface area contributed by atoms with Crippen molar-refractivity contribution in [1.82, 2.24) is 0 Å². The Labute approximate surface area is 112 Å². The molecule has 0 heterocycles. The average molecular weight is 249 g/mol. The first-order chi connectivity index (χ1) is 8.58. The Morgan fingerprint density at radius 2 is 1.94 bits per heavy atom. The molecule has 0 amide bonds. The van der Waals surface area contributed by atoms with Gasteiger partial charge in [0.15, 0.2) is 0 Å². The number of hydrogen-bond acceptors (Lipinski definition) is 2. The molecule has 2 heteroatoms. The second-order valence-electron chi connectivity index (χ2n) is 5.24. The van der Waals surface area contributed by atoms with E-state index in [4.69, 9.17) is 10.5 Å². The summed E-state index contributed by atoms with van der Waals surface area (Å²) in [6.07, 6.45) is 2.93. The highest BCUT2D eigenvalue weighted by molar-refractivity contribution is 5.39. The van der Waals surface area contributed by atoms with Crippen LogP contribution in [0.25, 0.3) is 0 Å². The number of benzene rings is 1. The van der Waals surface area contributed by atoms with E-state index in [9.17, 15) is 0 Å². The maximum atomic E-state index is 6.07. The van der Waals surface area contributed by atoms with E-state index in [0.717, 1.165) is 31.6 Å². The molecular weight excluding hydrogens is 222 g/mol. The van der Waals surface area contributed by atoms with Crippen LogP contribution in [0.3, 0.4) is 0 Å². The summed E-state index contributed by atoms with van der Waals surface area (Å²) in [6, 6.07) is 6.74. The molecule has 0 fully saturated rings. The molecular formula is C16H27NO. The van der Waals surface area contributed by atoms with Crippen molar-refractivity contribution < 1.29 is 4.74 Å². The molecule has 0 bridgehead atoms. The molecule has 0 saturated heterocycles. The summed E-state index contributed by atoms with van der Waals surface area (Å²) in [5.41, 5.74) is 8.69. The van der Waals surface area contributed by atoms with Crippen LogP contribution >= 0.6 is 0 Å². The smallest absolute Gasteiger partial charge is 0.122 e. The van der Waals surface area contributed by atoms with Crippen molar-refractivity contribution in [2.75, 3.05) is 6.61 Å². The molecule has 1 aromatic carbocycles. The van der Waals surface area contributed by atoms with Crippen LogP contribution in [-0.2, 0) is 6.42 Å². The van der Waals surface area contributed by atoms with E-state index in [-0.39, 0.29) is 6.04 Å². The van der Waals surface area contributed by atoms with Crippen LogP contribution in [0.4, 0.5) is 0 Å². The molecule has 18 heavy (non-hydrogen) atoms. The lowest BCUT2D eigenvalue weighted by Gasteiger charge is -2.16. The standard InChI is InChI=1S/C16H27NO/c1-5-9-18-16-8-7-13(12(3)4)10-14(16)11-15(17)6-2/h7-8,10,12,15H,5-6,9,11,17H2,1-4H3. The highest BCUT2D eigenvalue weighted by Crippen LogP contribution is 2.25. The Balaban J connectivity index is 2.93. The lowest BCUT2D eigenvalue weighted by Crippen LogP contribution is -2.22. The summed E-state index contributed by atoms with van der Waals surface area (Å²) >= 11 is 0.